The molecule has 1 saturated heterocycles. The molecule has 0 radical (unpaired) electrons. The molecule has 1 fully saturated rings. The Morgan fingerprint density at radius 2 is 2.04 bits per heavy atom. The van der Waals surface area contributed by atoms with Crippen molar-refractivity contribution in [1.29, 1.82) is 0 Å². The average molecular weight is 400 g/mol. The number of nitrogens with one attached hydrogen (secondary N) is 1. The molecule has 0 aliphatic carbocycles. The Hall–Kier alpha value is -1.09. The molecule has 26 heavy (non-hydrogen) atoms. The quantitative estimate of drug-likeness (QED) is 0.645. The van der Waals surface area contributed by atoms with Crippen molar-refractivity contribution in [2.24, 2.45) is 5.92 Å². The molecule has 1 aliphatic rings. The van der Waals surface area contributed by atoms with Crippen molar-refractivity contribution < 1.29 is 13.2 Å². The van der Waals surface area contributed by atoms with Gasteiger partial charge in [0.1, 0.15) is 0 Å². The highest BCUT2D eigenvalue weighted by Crippen LogP contribution is 2.20. The van der Waals surface area contributed by atoms with Gasteiger partial charge >= 0.3 is 0 Å². The second-order valence-electron chi connectivity index (χ2n) is 6.67. The largest absolute Gasteiger partial charge is 0.356 e. The lowest BCUT2D eigenvalue weighted by molar-refractivity contribution is -0.126. The molecule has 1 atom stereocenters. The minimum absolute atomic E-state index is 0.0308. The molecule has 1 aromatic carbocycles. The van der Waals surface area contributed by atoms with Crippen LogP contribution in [0.2, 0.25) is 0 Å². The van der Waals surface area contributed by atoms with E-state index in [4.69, 9.17) is 0 Å². The van der Waals surface area contributed by atoms with E-state index < -0.39 is 10.2 Å². The zero-order valence-corrected chi connectivity index (χ0v) is 17.2. The van der Waals surface area contributed by atoms with Crippen LogP contribution < -0.4 is 5.32 Å². The first-order valence-electron chi connectivity index (χ1n) is 8.98. The lowest BCUT2D eigenvalue weighted by Gasteiger charge is -2.32. The van der Waals surface area contributed by atoms with Gasteiger partial charge in [0, 0.05) is 39.5 Å². The van der Waals surface area contributed by atoms with Crippen LogP contribution in [0.3, 0.4) is 0 Å². The number of carbonyl (C=O) groups is 1. The Labute approximate surface area is 161 Å². The third kappa shape index (κ3) is 6.26. The standard InChI is InChI=1S/C18H29N3O3S2/c1-20(2)26(23,24)21-12-6-10-17(14-21)18(22)19-11-7-13-25-15-16-8-4-3-5-9-16/h3-5,8-9,17H,6-7,10-15H2,1-2H3,(H,19,22). The predicted octanol–water partition coefficient (Wildman–Crippen LogP) is 1.94. The van der Waals surface area contributed by atoms with Gasteiger partial charge in [-0.1, -0.05) is 30.3 Å². The molecule has 6 nitrogen and oxygen atoms in total. The zero-order chi connectivity index (χ0) is 19.0. The second kappa shape index (κ2) is 10.3. The number of amides is 1. The summed E-state index contributed by atoms with van der Waals surface area (Å²) in [5, 5.41) is 2.96. The third-order valence-corrected chi connectivity index (χ3v) is 7.44. The highest BCUT2D eigenvalue weighted by atomic mass is 32.2. The van der Waals surface area contributed by atoms with Crippen molar-refractivity contribution in [1.82, 2.24) is 13.9 Å². The third-order valence-electron chi connectivity index (χ3n) is 4.42. The molecule has 2 rings (SSSR count). The number of piperidine rings is 1. The lowest BCUT2D eigenvalue weighted by Crippen LogP contribution is -2.48. The van der Waals surface area contributed by atoms with Gasteiger partial charge in [0.2, 0.25) is 5.91 Å². The number of nitrogens with zero attached hydrogens (tertiary/aromatic N) is 2. The highest BCUT2D eigenvalue weighted by molar-refractivity contribution is 7.98. The van der Waals surface area contributed by atoms with Crippen LogP contribution >= 0.6 is 11.8 Å². The van der Waals surface area contributed by atoms with E-state index in [0.717, 1.165) is 30.8 Å². The van der Waals surface area contributed by atoms with Crippen molar-refractivity contribution in [3.8, 4) is 0 Å². The van der Waals surface area contributed by atoms with Crippen LogP contribution in [0.25, 0.3) is 0 Å². The zero-order valence-electron chi connectivity index (χ0n) is 15.6. The van der Waals surface area contributed by atoms with Crippen molar-refractivity contribution in [2.75, 3.05) is 39.5 Å². The molecule has 1 heterocycles. The van der Waals surface area contributed by atoms with E-state index in [1.165, 1.54) is 28.3 Å². The second-order valence-corrected chi connectivity index (χ2v) is 9.92. The summed E-state index contributed by atoms with van der Waals surface area (Å²) in [5.74, 6) is 1.68. The molecule has 0 saturated carbocycles. The fraction of sp³-hybridized carbons (Fsp3) is 0.611. The Morgan fingerprint density at radius 1 is 1.31 bits per heavy atom. The fourth-order valence-electron chi connectivity index (χ4n) is 2.89. The van der Waals surface area contributed by atoms with Gasteiger partial charge < -0.3 is 5.32 Å². The summed E-state index contributed by atoms with van der Waals surface area (Å²) in [4.78, 5) is 12.3. The summed E-state index contributed by atoms with van der Waals surface area (Å²) in [6.45, 7) is 1.40. The smallest absolute Gasteiger partial charge is 0.281 e. The van der Waals surface area contributed by atoms with E-state index in [1.807, 2.05) is 30.0 Å². The Balaban J connectivity index is 1.66. The van der Waals surface area contributed by atoms with Gasteiger partial charge in [0.15, 0.2) is 0 Å². The van der Waals surface area contributed by atoms with Gasteiger partial charge in [-0.15, -0.1) is 0 Å². The van der Waals surface area contributed by atoms with E-state index in [0.29, 0.717) is 13.1 Å². The van der Waals surface area contributed by atoms with E-state index in [1.54, 1.807) is 0 Å². The molecule has 1 aromatic rings. The van der Waals surface area contributed by atoms with Crippen LogP contribution in [-0.4, -0.2) is 62.4 Å². The van der Waals surface area contributed by atoms with Gasteiger partial charge in [0.25, 0.3) is 10.2 Å². The molecular weight excluding hydrogens is 370 g/mol. The van der Waals surface area contributed by atoms with Gasteiger partial charge in [-0.05, 0) is 30.6 Å². The topological polar surface area (TPSA) is 69.7 Å². The van der Waals surface area contributed by atoms with Crippen LogP contribution in [0, 0.1) is 5.92 Å². The van der Waals surface area contributed by atoms with Gasteiger partial charge in [0.05, 0.1) is 5.92 Å². The normalized spacial score (nSPS) is 18.8. The van der Waals surface area contributed by atoms with E-state index in [9.17, 15) is 13.2 Å². The van der Waals surface area contributed by atoms with E-state index >= 15 is 0 Å². The maximum atomic E-state index is 12.3. The summed E-state index contributed by atoms with van der Waals surface area (Å²) in [5.41, 5.74) is 1.31. The molecule has 1 aliphatic heterocycles. The predicted molar refractivity (Wildman–Crippen MR) is 107 cm³/mol. The molecule has 1 amide bonds. The molecule has 0 spiro atoms. The minimum atomic E-state index is -3.44. The minimum Gasteiger partial charge on any atom is -0.356 e. The first kappa shape index (κ1) is 21.2. The number of thioether (sulfide) groups is 1. The Kier molecular flexibility index (Phi) is 8.40. The van der Waals surface area contributed by atoms with E-state index in [2.05, 4.69) is 17.4 Å². The molecule has 146 valence electrons. The average Bonchev–Trinajstić information content (AvgIpc) is 2.65. The number of benzene rings is 1. The molecule has 8 heteroatoms. The summed E-state index contributed by atoms with van der Waals surface area (Å²) in [6.07, 6.45) is 2.38. The van der Waals surface area contributed by atoms with Crippen LogP contribution in [0.15, 0.2) is 30.3 Å². The van der Waals surface area contributed by atoms with Crippen LogP contribution in [-0.2, 0) is 20.8 Å². The summed E-state index contributed by atoms with van der Waals surface area (Å²) < 4.78 is 27.1. The molecular formula is C18H29N3O3S2. The number of rotatable bonds is 9. The SMILES string of the molecule is CN(C)S(=O)(=O)N1CCCC(C(=O)NCCCSCc2ccccc2)C1. The number of hydrogen-bond donors (Lipinski definition) is 1. The number of hydrogen-bond acceptors (Lipinski definition) is 4. The maximum absolute atomic E-state index is 12.3. The van der Waals surface area contributed by atoms with Crippen molar-refractivity contribution in [3.05, 3.63) is 35.9 Å². The van der Waals surface area contributed by atoms with Gasteiger partial charge in [-0.25, -0.2) is 0 Å². The Bertz CT molecular complexity index is 666. The molecule has 1 N–H and O–H groups in total. The first-order chi connectivity index (χ1) is 12.4. The summed E-state index contributed by atoms with van der Waals surface area (Å²) >= 11 is 1.86. The van der Waals surface area contributed by atoms with Crippen molar-refractivity contribution in [2.45, 2.75) is 25.0 Å². The first-order valence-corrected chi connectivity index (χ1v) is 11.5. The van der Waals surface area contributed by atoms with Crippen molar-refractivity contribution >= 4 is 27.9 Å². The van der Waals surface area contributed by atoms with Crippen LogP contribution in [0.4, 0.5) is 0 Å². The fourth-order valence-corrected chi connectivity index (χ4v) is 5.00. The molecule has 1 unspecified atom stereocenters. The summed E-state index contributed by atoms with van der Waals surface area (Å²) in [6, 6.07) is 10.3. The highest BCUT2D eigenvalue weighted by Gasteiger charge is 2.33. The van der Waals surface area contributed by atoms with E-state index in [-0.39, 0.29) is 18.4 Å². The van der Waals surface area contributed by atoms with Gasteiger partial charge in [-0.3, -0.25) is 4.79 Å². The summed E-state index contributed by atoms with van der Waals surface area (Å²) in [7, 11) is -0.402. The van der Waals surface area contributed by atoms with Crippen LogP contribution in [0.1, 0.15) is 24.8 Å². The van der Waals surface area contributed by atoms with Gasteiger partial charge in [-0.2, -0.15) is 28.8 Å². The Morgan fingerprint density at radius 3 is 2.73 bits per heavy atom. The molecule has 0 aromatic heterocycles. The molecule has 0 bridgehead atoms. The monoisotopic (exact) mass is 399 g/mol. The lowest BCUT2D eigenvalue weighted by atomic mass is 9.99. The van der Waals surface area contributed by atoms with Crippen molar-refractivity contribution in [3.63, 3.8) is 0 Å². The van der Waals surface area contributed by atoms with Crippen LogP contribution in [0.5, 0.6) is 0 Å². The number of carbonyl (C=O) groups excluding carboxylic acids is 1. The maximum Gasteiger partial charge on any atom is 0.281 e.